The van der Waals surface area contributed by atoms with E-state index >= 15 is 0 Å². The first-order valence-corrected chi connectivity index (χ1v) is 3.31. The Balaban J connectivity index is 2.48. The highest BCUT2D eigenvalue weighted by molar-refractivity contribution is 6.49. The first-order chi connectivity index (χ1) is 5.77. The molecule has 0 spiro atoms. The van der Waals surface area contributed by atoms with Gasteiger partial charge >= 0.3 is 0 Å². The van der Waals surface area contributed by atoms with E-state index in [2.05, 4.69) is 9.98 Å². The second kappa shape index (κ2) is 2.37. The highest BCUT2D eigenvalue weighted by atomic mass is 16.5. The summed E-state index contributed by atoms with van der Waals surface area (Å²) in [7, 11) is 0. The molecule has 0 saturated heterocycles. The summed E-state index contributed by atoms with van der Waals surface area (Å²) in [6.07, 6.45) is 2.83. The van der Waals surface area contributed by atoms with Crippen molar-refractivity contribution in [3.8, 4) is 0 Å². The number of ether oxygens (including phenoxy) is 1. The molecule has 2 rings (SSSR count). The quantitative estimate of drug-likeness (QED) is 0.483. The smallest absolute Gasteiger partial charge is 0.299 e. The van der Waals surface area contributed by atoms with Crippen LogP contribution in [-0.4, -0.2) is 30.3 Å². The summed E-state index contributed by atoms with van der Waals surface area (Å²) in [6.45, 7) is -0.101. The summed E-state index contributed by atoms with van der Waals surface area (Å²) in [5, 5.41) is 0. The van der Waals surface area contributed by atoms with Crippen molar-refractivity contribution in [1.82, 2.24) is 0 Å². The molecule has 0 aromatic heterocycles. The van der Waals surface area contributed by atoms with Gasteiger partial charge in [-0.25, -0.2) is 9.98 Å². The van der Waals surface area contributed by atoms with Crippen LogP contribution in [0.3, 0.4) is 0 Å². The third-order valence-electron chi connectivity index (χ3n) is 1.44. The van der Waals surface area contributed by atoms with Crippen LogP contribution in [0.15, 0.2) is 21.8 Å². The predicted molar refractivity (Wildman–Crippen MR) is 40.0 cm³/mol. The third-order valence-corrected chi connectivity index (χ3v) is 1.44. The highest BCUT2D eigenvalue weighted by Crippen LogP contribution is 2.11. The van der Waals surface area contributed by atoms with Gasteiger partial charge in [0.1, 0.15) is 0 Å². The number of hydrogen-bond donors (Lipinski definition) is 0. The van der Waals surface area contributed by atoms with Crippen molar-refractivity contribution >= 4 is 23.7 Å². The summed E-state index contributed by atoms with van der Waals surface area (Å²) in [5.41, 5.74) is 0.00810. The number of allylic oxidation sites excluding steroid dienone is 1. The minimum atomic E-state index is -0.527. The summed E-state index contributed by atoms with van der Waals surface area (Å²) in [6, 6.07) is 0. The molecule has 0 aliphatic carbocycles. The summed E-state index contributed by atoms with van der Waals surface area (Å²) < 4.78 is 4.93. The lowest BCUT2D eigenvalue weighted by molar-refractivity contribution is -0.122. The molecule has 0 aromatic carbocycles. The van der Waals surface area contributed by atoms with Gasteiger partial charge in [0.15, 0.2) is 18.1 Å². The van der Waals surface area contributed by atoms with Gasteiger partial charge in [-0.1, -0.05) is 0 Å². The van der Waals surface area contributed by atoms with Crippen LogP contribution in [-0.2, 0) is 14.3 Å². The van der Waals surface area contributed by atoms with Gasteiger partial charge in [-0.05, 0) is 0 Å². The van der Waals surface area contributed by atoms with Crippen LogP contribution in [0.1, 0.15) is 0 Å². The van der Waals surface area contributed by atoms with Gasteiger partial charge in [0.25, 0.3) is 11.8 Å². The van der Waals surface area contributed by atoms with Crippen molar-refractivity contribution in [2.24, 2.45) is 9.98 Å². The van der Waals surface area contributed by atoms with E-state index in [0.29, 0.717) is 5.76 Å². The number of aliphatic imine (C=N–C) groups is 2. The van der Waals surface area contributed by atoms with E-state index in [1.54, 1.807) is 0 Å². The first kappa shape index (κ1) is 6.90. The van der Waals surface area contributed by atoms with E-state index in [1.165, 1.54) is 12.3 Å². The summed E-state index contributed by atoms with van der Waals surface area (Å²) >= 11 is 0. The monoisotopic (exact) mass is 164 g/mol. The van der Waals surface area contributed by atoms with Gasteiger partial charge in [-0.3, -0.25) is 9.59 Å². The van der Waals surface area contributed by atoms with Crippen LogP contribution in [0.5, 0.6) is 0 Å². The fourth-order valence-electron chi connectivity index (χ4n) is 0.934. The zero-order valence-corrected chi connectivity index (χ0v) is 5.98. The van der Waals surface area contributed by atoms with Gasteiger partial charge < -0.3 is 4.74 Å². The second-order valence-corrected chi connectivity index (χ2v) is 2.26. The number of fused-ring (bicyclic) bond motifs is 1. The Morgan fingerprint density at radius 3 is 3.08 bits per heavy atom. The number of nitrogens with zero attached hydrogens (tertiary/aromatic N) is 2. The summed E-state index contributed by atoms with van der Waals surface area (Å²) in [4.78, 5) is 28.6. The van der Waals surface area contributed by atoms with Crippen LogP contribution < -0.4 is 0 Å². The predicted octanol–water partition coefficient (Wildman–Crippen LogP) is -0.521. The Morgan fingerprint density at radius 1 is 1.42 bits per heavy atom. The van der Waals surface area contributed by atoms with Crippen LogP contribution in [0.2, 0.25) is 0 Å². The van der Waals surface area contributed by atoms with E-state index < -0.39 is 11.8 Å². The van der Waals surface area contributed by atoms with E-state index in [-0.39, 0.29) is 12.3 Å². The standard InChI is InChI=1S/C7H4N2O3/c10-5-3-12-4-1-2-8-7(11)6(4)9-5/h1-2H,3H2. The van der Waals surface area contributed by atoms with Gasteiger partial charge in [0.2, 0.25) is 0 Å². The molecular formula is C7H4N2O3. The molecule has 0 radical (unpaired) electrons. The number of rotatable bonds is 0. The van der Waals surface area contributed by atoms with Crippen molar-refractivity contribution < 1.29 is 14.3 Å². The SMILES string of the molecule is O=C1COC2=CC=NC(=O)C2=N1. The maximum atomic E-state index is 11.0. The average molecular weight is 164 g/mol. The van der Waals surface area contributed by atoms with Gasteiger partial charge in [-0.2, -0.15) is 0 Å². The molecule has 5 heteroatoms. The molecule has 2 aliphatic heterocycles. The molecule has 0 bridgehead atoms. The molecule has 0 N–H and O–H groups in total. The lowest BCUT2D eigenvalue weighted by atomic mass is 10.2. The van der Waals surface area contributed by atoms with E-state index in [0.717, 1.165) is 0 Å². The fraction of sp³-hybridized carbons (Fsp3) is 0.143. The second-order valence-electron chi connectivity index (χ2n) is 2.26. The maximum absolute atomic E-state index is 11.0. The third kappa shape index (κ3) is 0.952. The molecule has 2 aliphatic rings. The highest BCUT2D eigenvalue weighted by Gasteiger charge is 2.25. The Hall–Kier alpha value is -1.78. The van der Waals surface area contributed by atoms with Crippen LogP contribution in [0.25, 0.3) is 0 Å². The lowest BCUT2D eigenvalue weighted by Crippen LogP contribution is -2.27. The molecular weight excluding hydrogens is 160 g/mol. The molecule has 2 heterocycles. The molecule has 60 valence electrons. The molecule has 5 nitrogen and oxygen atoms in total. The minimum Gasteiger partial charge on any atom is -0.481 e. The van der Waals surface area contributed by atoms with Crippen molar-refractivity contribution in [3.63, 3.8) is 0 Å². The Kier molecular flexibility index (Phi) is 1.36. The van der Waals surface area contributed by atoms with Gasteiger partial charge in [0.05, 0.1) is 0 Å². The largest absolute Gasteiger partial charge is 0.481 e. The van der Waals surface area contributed by atoms with Crippen LogP contribution >= 0.6 is 0 Å². The Morgan fingerprint density at radius 2 is 2.25 bits per heavy atom. The Bertz CT molecular complexity index is 352. The first-order valence-electron chi connectivity index (χ1n) is 3.31. The van der Waals surface area contributed by atoms with E-state index in [4.69, 9.17) is 4.74 Å². The lowest BCUT2D eigenvalue weighted by Gasteiger charge is -2.14. The normalized spacial score (nSPS) is 21.0. The van der Waals surface area contributed by atoms with Crippen LogP contribution in [0.4, 0.5) is 0 Å². The number of hydrogen-bond acceptors (Lipinski definition) is 3. The topological polar surface area (TPSA) is 68.1 Å². The van der Waals surface area contributed by atoms with Crippen molar-refractivity contribution in [3.05, 3.63) is 11.8 Å². The van der Waals surface area contributed by atoms with Crippen molar-refractivity contribution in [1.29, 1.82) is 0 Å². The molecule has 0 aromatic rings. The molecule has 0 unspecified atom stereocenters. The van der Waals surface area contributed by atoms with Gasteiger partial charge in [0, 0.05) is 12.3 Å². The molecule has 2 amide bonds. The fourth-order valence-corrected chi connectivity index (χ4v) is 0.934. The van der Waals surface area contributed by atoms with Crippen LogP contribution in [0, 0.1) is 0 Å². The van der Waals surface area contributed by atoms with Gasteiger partial charge in [-0.15, -0.1) is 0 Å². The number of carbonyl (C=O) groups excluding carboxylic acids is 2. The zero-order valence-electron chi connectivity index (χ0n) is 5.98. The average Bonchev–Trinajstić information content (AvgIpc) is 2.07. The molecule has 0 fully saturated rings. The summed E-state index contributed by atoms with van der Waals surface area (Å²) in [5.74, 6) is -0.650. The van der Waals surface area contributed by atoms with E-state index in [1.807, 2.05) is 0 Å². The Labute approximate surface area is 67.5 Å². The molecule has 12 heavy (non-hydrogen) atoms. The minimum absolute atomic E-state index is 0.00810. The number of dihydropyridines is 1. The van der Waals surface area contributed by atoms with E-state index in [9.17, 15) is 9.59 Å². The molecule has 0 saturated carbocycles. The van der Waals surface area contributed by atoms with Crippen molar-refractivity contribution in [2.75, 3.05) is 6.61 Å². The maximum Gasteiger partial charge on any atom is 0.299 e. The van der Waals surface area contributed by atoms with Crippen molar-refractivity contribution in [2.45, 2.75) is 0 Å². The number of amides is 2. The molecule has 0 atom stereocenters. The zero-order chi connectivity index (χ0) is 8.55. The number of carbonyl (C=O) groups is 2.